The Morgan fingerprint density at radius 1 is 1.42 bits per heavy atom. The summed E-state index contributed by atoms with van der Waals surface area (Å²) in [5.41, 5.74) is 0.689. The van der Waals surface area contributed by atoms with Crippen molar-refractivity contribution in [3.05, 3.63) is 28.2 Å². The van der Waals surface area contributed by atoms with Gasteiger partial charge in [-0.2, -0.15) is 4.31 Å². The Morgan fingerprint density at radius 3 is 2.58 bits per heavy atom. The summed E-state index contributed by atoms with van der Waals surface area (Å²) in [6.07, 6.45) is 0.894. The summed E-state index contributed by atoms with van der Waals surface area (Å²) < 4.78 is 27.4. The quantitative estimate of drug-likeness (QED) is 0.912. The maximum Gasteiger partial charge on any atom is 0.244 e. The fourth-order valence-corrected chi connectivity index (χ4v) is 5.42. The molecule has 106 valence electrons. The highest BCUT2D eigenvalue weighted by atomic mass is 79.9. The van der Waals surface area contributed by atoms with E-state index >= 15 is 0 Å². The van der Waals surface area contributed by atoms with Gasteiger partial charge in [-0.3, -0.25) is 0 Å². The van der Waals surface area contributed by atoms with E-state index in [9.17, 15) is 8.42 Å². The smallest absolute Gasteiger partial charge is 0.244 e. The Kier molecular flexibility index (Phi) is 4.35. The van der Waals surface area contributed by atoms with Crippen molar-refractivity contribution in [2.45, 2.75) is 37.8 Å². The van der Waals surface area contributed by atoms with Crippen molar-refractivity contribution < 1.29 is 13.5 Å². The molecule has 6 heteroatoms. The van der Waals surface area contributed by atoms with Crippen LogP contribution >= 0.6 is 15.9 Å². The summed E-state index contributed by atoms with van der Waals surface area (Å²) in [4.78, 5) is 0.269. The van der Waals surface area contributed by atoms with Gasteiger partial charge in [0.2, 0.25) is 10.0 Å². The van der Waals surface area contributed by atoms with E-state index in [-0.39, 0.29) is 17.5 Å². The number of hydrogen-bond donors (Lipinski definition) is 1. The minimum atomic E-state index is -3.47. The Labute approximate surface area is 122 Å². The number of nitrogens with zero attached hydrogens (tertiary/aromatic N) is 1. The summed E-state index contributed by atoms with van der Waals surface area (Å²) in [7, 11) is -3.47. The first-order valence-corrected chi connectivity index (χ1v) is 8.50. The summed E-state index contributed by atoms with van der Waals surface area (Å²) in [5.74, 6) is 0.389. The van der Waals surface area contributed by atoms with Crippen LogP contribution in [0.5, 0.6) is 0 Å². The molecule has 0 bridgehead atoms. The number of aliphatic hydroxyl groups is 1. The van der Waals surface area contributed by atoms with Crippen LogP contribution in [0, 0.1) is 5.92 Å². The normalized spacial score (nSPS) is 24.8. The molecule has 0 amide bonds. The first-order chi connectivity index (χ1) is 8.86. The second kappa shape index (κ2) is 5.52. The third-order valence-electron chi connectivity index (χ3n) is 3.49. The van der Waals surface area contributed by atoms with Crippen molar-refractivity contribution in [1.82, 2.24) is 4.31 Å². The molecule has 4 nitrogen and oxygen atoms in total. The molecule has 1 aromatic rings. The van der Waals surface area contributed by atoms with E-state index < -0.39 is 10.0 Å². The molecular weight excluding hydrogens is 330 g/mol. The lowest BCUT2D eigenvalue weighted by atomic mass is 10.1. The minimum Gasteiger partial charge on any atom is -0.392 e. The molecule has 2 unspecified atom stereocenters. The second-order valence-corrected chi connectivity index (χ2v) is 7.90. The molecule has 1 N–H and O–H groups in total. The van der Waals surface area contributed by atoms with E-state index in [1.807, 2.05) is 6.92 Å². The molecule has 1 aliphatic rings. The SMILES string of the molecule is CC1CC(C)N(S(=O)(=O)c2ccc(CO)cc2Br)C1. The number of halogens is 1. The standard InChI is InChI=1S/C13H18BrNO3S/c1-9-5-10(2)15(7-9)19(17,18)13-4-3-11(8-16)6-12(13)14/h3-4,6,9-10,16H,5,7-8H2,1-2H3. The largest absolute Gasteiger partial charge is 0.392 e. The first kappa shape index (κ1) is 15.0. The number of aliphatic hydroxyl groups excluding tert-OH is 1. The first-order valence-electron chi connectivity index (χ1n) is 6.27. The lowest BCUT2D eigenvalue weighted by molar-refractivity contribution is 0.281. The van der Waals surface area contributed by atoms with Crippen LogP contribution in [0.15, 0.2) is 27.6 Å². The van der Waals surface area contributed by atoms with Crippen molar-refractivity contribution in [2.24, 2.45) is 5.92 Å². The van der Waals surface area contributed by atoms with Crippen LogP contribution in [0.3, 0.4) is 0 Å². The fourth-order valence-electron chi connectivity index (χ4n) is 2.57. The highest BCUT2D eigenvalue weighted by molar-refractivity contribution is 9.10. The van der Waals surface area contributed by atoms with Gasteiger partial charge in [0.1, 0.15) is 0 Å². The Balaban J connectivity index is 2.40. The van der Waals surface area contributed by atoms with Crippen molar-refractivity contribution in [1.29, 1.82) is 0 Å². The molecule has 0 saturated carbocycles. The average molecular weight is 348 g/mol. The number of benzene rings is 1. The zero-order valence-corrected chi connectivity index (χ0v) is 13.4. The molecular formula is C13H18BrNO3S. The zero-order chi connectivity index (χ0) is 14.2. The van der Waals surface area contributed by atoms with Crippen LogP contribution in [0.1, 0.15) is 25.8 Å². The van der Waals surface area contributed by atoms with Crippen LogP contribution in [0.2, 0.25) is 0 Å². The molecule has 2 atom stereocenters. The van der Waals surface area contributed by atoms with Gasteiger partial charge in [0, 0.05) is 17.1 Å². The van der Waals surface area contributed by atoms with Crippen molar-refractivity contribution in [2.75, 3.05) is 6.54 Å². The number of hydrogen-bond acceptors (Lipinski definition) is 3. The van der Waals surface area contributed by atoms with Crippen LogP contribution < -0.4 is 0 Å². The highest BCUT2D eigenvalue weighted by Gasteiger charge is 2.36. The summed E-state index contributed by atoms with van der Waals surface area (Å²) in [6.45, 7) is 4.47. The fraction of sp³-hybridized carbons (Fsp3) is 0.538. The van der Waals surface area contributed by atoms with Gasteiger partial charge in [0.15, 0.2) is 0 Å². The van der Waals surface area contributed by atoms with Crippen LogP contribution in [-0.4, -0.2) is 30.4 Å². The van der Waals surface area contributed by atoms with Gasteiger partial charge in [-0.1, -0.05) is 13.0 Å². The molecule has 2 rings (SSSR count). The third kappa shape index (κ3) is 2.86. The summed E-state index contributed by atoms with van der Waals surface area (Å²) in [6, 6.07) is 4.88. The molecule has 0 radical (unpaired) electrons. The Bertz CT molecular complexity index is 573. The van der Waals surface area contributed by atoms with Crippen molar-refractivity contribution >= 4 is 26.0 Å². The van der Waals surface area contributed by atoms with E-state index in [1.165, 1.54) is 0 Å². The van der Waals surface area contributed by atoms with E-state index in [0.29, 0.717) is 22.5 Å². The maximum absolute atomic E-state index is 12.6. The van der Waals surface area contributed by atoms with Crippen LogP contribution in [0.25, 0.3) is 0 Å². The Hall–Kier alpha value is -0.430. The van der Waals surface area contributed by atoms with Gasteiger partial charge in [-0.15, -0.1) is 0 Å². The number of sulfonamides is 1. The molecule has 0 aromatic heterocycles. The predicted molar refractivity (Wildman–Crippen MR) is 77.2 cm³/mol. The third-order valence-corrected chi connectivity index (χ3v) is 6.45. The van der Waals surface area contributed by atoms with E-state index in [1.54, 1.807) is 22.5 Å². The molecule has 1 saturated heterocycles. The topological polar surface area (TPSA) is 57.6 Å². The average Bonchev–Trinajstić information content (AvgIpc) is 2.68. The summed E-state index contributed by atoms with van der Waals surface area (Å²) >= 11 is 3.29. The van der Waals surface area contributed by atoms with E-state index in [4.69, 9.17) is 5.11 Å². The van der Waals surface area contributed by atoms with E-state index in [2.05, 4.69) is 22.9 Å². The Morgan fingerprint density at radius 2 is 2.11 bits per heavy atom. The lowest BCUT2D eigenvalue weighted by Crippen LogP contribution is -2.34. The molecule has 0 aliphatic carbocycles. The van der Waals surface area contributed by atoms with Crippen LogP contribution in [0.4, 0.5) is 0 Å². The zero-order valence-electron chi connectivity index (χ0n) is 11.0. The molecule has 1 aliphatic heterocycles. The monoisotopic (exact) mass is 347 g/mol. The van der Waals surface area contributed by atoms with Crippen LogP contribution in [-0.2, 0) is 16.6 Å². The van der Waals surface area contributed by atoms with E-state index in [0.717, 1.165) is 6.42 Å². The molecule has 1 fully saturated rings. The maximum atomic E-state index is 12.6. The van der Waals surface area contributed by atoms with Gasteiger partial charge in [-0.05, 0) is 52.9 Å². The van der Waals surface area contributed by atoms with Crippen molar-refractivity contribution in [3.8, 4) is 0 Å². The highest BCUT2D eigenvalue weighted by Crippen LogP contribution is 2.32. The predicted octanol–water partition coefficient (Wildman–Crippen LogP) is 2.36. The lowest BCUT2D eigenvalue weighted by Gasteiger charge is -2.21. The molecule has 1 heterocycles. The molecule has 1 aromatic carbocycles. The summed E-state index contributed by atoms with van der Waals surface area (Å²) in [5, 5.41) is 9.06. The molecule has 0 spiro atoms. The van der Waals surface area contributed by atoms with Gasteiger partial charge in [0.05, 0.1) is 11.5 Å². The second-order valence-electron chi connectivity index (χ2n) is 5.19. The van der Waals surface area contributed by atoms with Crippen molar-refractivity contribution in [3.63, 3.8) is 0 Å². The molecule has 19 heavy (non-hydrogen) atoms. The van der Waals surface area contributed by atoms with Gasteiger partial charge in [-0.25, -0.2) is 8.42 Å². The van der Waals surface area contributed by atoms with Gasteiger partial charge >= 0.3 is 0 Å². The number of rotatable bonds is 3. The minimum absolute atomic E-state index is 0.0319. The van der Waals surface area contributed by atoms with Gasteiger partial charge < -0.3 is 5.11 Å². The van der Waals surface area contributed by atoms with Gasteiger partial charge in [0.25, 0.3) is 0 Å².